The van der Waals surface area contributed by atoms with Crippen LogP contribution in [0.3, 0.4) is 0 Å². The first-order valence-corrected chi connectivity index (χ1v) is 8.70. The zero-order valence-electron chi connectivity index (χ0n) is 13.2. The predicted molar refractivity (Wildman–Crippen MR) is 83.3 cm³/mol. The van der Waals surface area contributed by atoms with Crippen LogP contribution in [-0.2, 0) is 14.8 Å². The highest BCUT2D eigenvalue weighted by Gasteiger charge is 2.29. The van der Waals surface area contributed by atoms with Crippen molar-refractivity contribution < 1.29 is 17.9 Å². The molecule has 1 aromatic rings. The Labute approximate surface area is 131 Å². The SMILES string of the molecule is COC(=O)N1CCCN(S(=O)(=O)c2ccc(C)cc2C)CC1. The molecular formula is C15H22N2O4S. The van der Waals surface area contributed by atoms with Crippen LogP contribution >= 0.6 is 0 Å². The largest absolute Gasteiger partial charge is 0.453 e. The van der Waals surface area contributed by atoms with Crippen LogP contribution in [0.25, 0.3) is 0 Å². The van der Waals surface area contributed by atoms with Crippen molar-refractivity contribution in [1.29, 1.82) is 0 Å². The van der Waals surface area contributed by atoms with Crippen LogP contribution in [0.4, 0.5) is 4.79 Å². The number of carbonyl (C=O) groups excluding carboxylic acids is 1. The van der Waals surface area contributed by atoms with Gasteiger partial charge >= 0.3 is 6.09 Å². The Hall–Kier alpha value is -1.60. The summed E-state index contributed by atoms with van der Waals surface area (Å²) < 4.78 is 31.8. The van der Waals surface area contributed by atoms with Crippen molar-refractivity contribution in [3.63, 3.8) is 0 Å². The standard InChI is InChI=1S/C15H22N2O4S/c1-12-5-6-14(13(2)11-12)22(19,20)17-8-4-7-16(9-10-17)15(18)21-3/h5-6,11H,4,7-10H2,1-3H3. The minimum atomic E-state index is -3.53. The average molecular weight is 326 g/mol. The number of sulfonamides is 1. The molecule has 7 heteroatoms. The summed E-state index contributed by atoms with van der Waals surface area (Å²) in [5.41, 5.74) is 1.78. The molecule has 2 rings (SSSR count). The Balaban J connectivity index is 2.21. The van der Waals surface area contributed by atoms with Crippen molar-refractivity contribution >= 4 is 16.1 Å². The van der Waals surface area contributed by atoms with Crippen LogP contribution in [-0.4, -0.2) is 57.0 Å². The molecule has 1 saturated heterocycles. The van der Waals surface area contributed by atoms with E-state index in [9.17, 15) is 13.2 Å². The lowest BCUT2D eigenvalue weighted by Crippen LogP contribution is -2.37. The third-order valence-electron chi connectivity index (χ3n) is 3.84. The minimum Gasteiger partial charge on any atom is -0.453 e. The molecule has 22 heavy (non-hydrogen) atoms. The molecule has 0 unspecified atom stereocenters. The molecule has 1 aliphatic rings. The average Bonchev–Trinajstić information content (AvgIpc) is 2.72. The maximum absolute atomic E-state index is 12.8. The van der Waals surface area contributed by atoms with Crippen molar-refractivity contribution in [3.05, 3.63) is 29.3 Å². The Morgan fingerprint density at radius 2 is 1.86 bits per heavy atom. The second-order valence-electron chi connectivity index (χ2n) is 5.48. The number of nitrogens with zero attached hydrogens (tertiary/aromatic N) is 2. The maximum Gasteiger partial charge on any atom is 0.409 e. The smallest absolute Gasteiger partial charge is 0.409 e. The molecule has 1 heterocycles. The summed E-state index contributed by atoms with van der Waals surface area (Å²) in [6.07, 6.45) is 0.185. The van der Waals surface area contributed by atoms with E-state index < -0.39 is 16.1 Å². The van der Waals surface area contributed by atoms with Gasteiger partial charge in [0.05, 0.1) is 12.0 Å². The van der Waals surface area contributed by atoms with E-state index >= 15 is 0 Å². The number of aryl methyl sites for hydroxylation is 2. The van der Waals surface area contributed by atoms with Gasteiger partial charge in [-0.05, 0) is 31.9 Å². The molecule has 1 aliphatic heterocycles. The van der Waals surface area contributed by atoms with E-state index in [-0.39, 0.29) is 6.54 Å². The summed E-state index contributed by atoms with van der Waals surface area (Å²) in [6, 6.07) is 5.33. The van der Waals surface area contributed by atoms with Crippen LogP contribution in [0, 0.1) is 13.8 Å². The van der Waals surface area contributed by atoms with Gasteiger partial charge < -0.3 is 9.64 Å². The molecule has 122 valence electrons. The number of ether oxygens (including phenoxy) is 1. The number of hydrogen-bond donors (Lipinski definition) is 0. The maximum atomic E-state index is 12.8. The minimum absolute atomic E-state index is 0.282. The Bertz CT molecular complexity index is 658. The zero-order chi connectivity index (χ0) is 16.3. The molecule has 0 radical (unpaired) electrons. The van der Waals surface area contributed by atoms with E-state index in [1.165, 1.54) is 16.3 Å². The quantitative estimate of drug-likeness (QED) is 0.831. The van der Waals surface area contributed by atoms with E-state index in [0.717, 1.165) is 11.1 Å². The lowest BCUT2D eigenvalue weighted by molar-refractivity contribution is 0.126. The molecule has 1 fully saturated rings. The molecule has 0 spiro atoms. The van der Waals surface area contributed by atoms with Crippen molar-refractivity contribution in [2.24, 2.45) is 0 Å². The first-order chi connectivity index (χ1) is 10.4. The van der Waals surface area contributed by atoms with Gasteiger partial charge in [-0.2, -0.15) is 4.31 Å². The topological polar surface area (TPSA) is 66.9 Å². The molecule has 1 amide bonds. The highest BCUT2D eigenvalue weighted by atomic mass is 32.2. The van der Waals surface area contributed by atoms with Crippen LogP contribution in [0.1, 0.15) is 17.5 Å². The van der Waals surface area contributed by atoms with Gasteiger partial charge in [-0.15, -0.1) is 0 Å². The molecule has 1 aromatic carbocycles. The van der Waals surface area contributed by atoms with Gasteiger partial charge in [0.25, 0.3) is 0 Å². The molecule has 6 nitrogen and oxygen atoms in total. The van der Waals surface area contributed by atoms with Gasteiger partial charge in [-0.3, -0.25) is 0 Å². The summed E-state index contributed by atoms with van der Waals surface area (Å²) in [6.45, 7) is 5.28. The summed E-state index contributed by atoms with van der Waals surface area (Å²) in [5.74, 6) is 0. The summed E-state index contributed by atoms with van der Waals surface area (Å²) in [7, 11) is -2.20. The van der Waals surface area contributed by atoms with Crippen LogP contribution < -0.4 is 0 Å². The van der Waals surface area contributed by atoms with E-state index in [1.807, 2.05) is 13.0 Å². The second kappa shape index (κ2) is 6.66. The molecule has 0 N–H and O–H groups in total. The van der Waals surface area contributed by atoms with Gasteiger partial charge in [-0.1, -0.05) is 17.7 Å². The van der Waals surface area contributed by atoms with Crippen molar-refractivity contribution in [3.8, 4) is 0 Å². The van der Waals surface area contributed by atoms with Gasteiger partial charge in [0.15, 0.2) is 0 Å². The lowest BCUT2D eigenvalue weighted by Gasteiger charge is -2.22. The number of methoxy groups -OCH3 is 1. The van der Waals surface area contributed by atoms with Crippen molar-refractivity contribution in [2.45, 2.75) is 25.2 Å². The molecular weight excluding hydrogens is 304 g/mol. The van der Waals surface area contributed by atoms with Crippen LogP contribution in [0.5, 0.6) is 0 Å². The molecule has 0 saturated carbocycles. The first kappa shape index (κ1) is 16.8. The highest BCUT2D eigenvalue weighted by Crippen LogP contribution is 2.22. The summed E-state index contributed by atoms with van der Waals surface area (Å²) in [5, 5.41) is 0. The van der Waals surface area contributed by atoms with E-state index in [0.29, 0.717) is 31.0 Å². The molecule has 0 aromatic heterocycles. The van der Waals surface area contributed by atoms with E-state index in [2.05, 4.69) is 0 Å². The zero-order valence-corrected chi connectivity index (χ0v) is 14.0. The van der Waals surface area contributed by atoms with Crippen molar-refractivity contribution in [2.75, 3.05) is 33.3 Å². The third kappa shape index (κ3) is 3.41. The van der Waals surface area contributed by atoms with E-state index in [4.69, 9.17) is 4.74 Å². The van der Waals surface area contributed by atoms with E-state index in [1.54, 1.807) is 19.1 Å². The highest BCUT2D eigenvalue weighted by molar-refractivity contribution is 7.89. The van der Waals surface area contributed by atoms with Gasteiger partial charge in [-0.25, -0.2) is 13.2 Å². The number of hydrogen-bond acceptors (Lipinski definition) is 4. The molecule has 0 aliphatic carbocycles. The molecule has 0 atom stereocenters. The Morgan fingerprint density at radius 1 is 1.14 bits per heavy atom. The van der Waals surface area contributed by atoms with Crippen LogP contribution in [0.15, 0.2) is 23.1 Å². The number of rotatable bonds is 2. The third-order valence-corrected chi connectivity index (χ3v) is 5.89. The lowest BCUT2D eigenvalue weighted by atomic mass is 10.2. The predicted octanol–water partition coefficient (Wildman–Crippen LogP) is 1.77. The number of amides is 1. The fraction of sp³-hybridized carbons (Fsp3) is 0.533. The van der Waals surface area contributed by atoms with Gasteiger partial charge in [0.2, 0.25) is 10.0 Å². The summed E-state index contributed by atoms with van der Waals surface area (Å²) >= 11 is 0. The number of carbonyl (C=O) groups is 1. The second-order valence-corrected chi connectivity index (χ2v) is 7.39. The fourth-order valence-electron chi connectivity index (χ4n) is 2.67. The fourth-order valence-corrected chi connectivity index (χ4v) is 4.35. The summed E-state index contributed by atoms with van der Waals surface area (Å²) in [4.78, 5) is 13.5. The van der Waals surface area contributed by atoms with Gasteiger partial charge in [0.1, 0.15) is 0 Å². The van der Waals surface area contributed by atoms with Crippen LogP contribution in [0.2, 0.25) is 0 Å². The first-order valence-electron chi connectivity index (χ1n) is 7.26. The normalized spacial score (nSPS) is 17.1. The number of benzene rings is 1. The van der Waals surface area contributed by atoms with Gasteiger partial charge in [0, 0.05) is 26.2 Å². The monoisotopic (exact) mass is 326 g/mol. The Morgan fingerprint density at radius 3 is 2.50 bits per heavy atom. The molecule has 0 bridgehead atoms. The van der Waals surface area contributed by atoms with Crippen molar-refractivity contribution in [1.82, 2.24) is 9.21 Å². The Kier molecular flexibility index (Phi) is 5.08.